The molecule has 0 aliphatic heterocycles. The molecule has 1 fully saturated rings. The molecule has 5 heteroatoms. The van der Waals surface area contributed by atoms with E-state index < -0.39 is 0 Å². The molecule has 2 atom stereocenters. The van der Waals surface area contributed by atoms with Crippen LogP contribution in [0.5, 0.6) is 0 Å². The van der Waals surface area contributed by atoms with Crippen LogP contribution in [-0.4, -0.2) is 33.9 Å². The predicted molar refractivity (Wildman–Crippen MR) is 58.9 cm³/mol. The maximum atomic E-state index is 11.6. The van der Waals surface area contributed by atoms with Crippen LogP contribution in [0.15, 0.2) is 12.3 Å². The summed E-state index contributed by atoms with van der Waals surface area (Å²) < 4.78 is 0. The molecule has 5 nitrogen and oxygen atoms in total. The van der Waals surface area contributed by atoms with Crippen molar-refractivity contribution in [2.45, 2.75) is 31.8 Å². The van der Waals surface area contributed by atoms with Crippen molar-refractivity contribution in [3.8, 4) is 0 Å². The third-order valence-corrected chi connectivity index (χ3v) is 3.05. The molecule has 1 saturated carbocycles. The molecule has 0 saturated heterocycles. The van der Waals surface area contributed by atoms with Gasteiger partial charge in [0.2, 0.25) is 0 Å². The molecule has 2 rings (SSSR count). The van der Waals surface area contributed by atoms with E-state index in [0.717, 1.165) is 25.7 Å². The number of H-pyrrole nitrogens is 1. The number of carbonyl (C=O) groups is 1. The van der Waals surface area contributed by atoms with Crippen molar-refractivity contribution in [3.05, 3.63) is 18.0 Å². The highest BCUT2D eigenvalue weighted by Gasteiger charge is 2.20. The Morgan fingerprint density at radius 3 is 3.19 bits per heavy atom. The molecule has 0 spiro atoms. The van der Waals surface area contributed by atoms with Gasteiger partial charge in [-0.2, -0.15) is 5.10 Å². The Labute approximate surface area is 94.2 Å². The number of nitrogens with zero attached hydrogens (tertiary/aromatic N) is 1. The number of aromatic nitrogens is 2. The van der Waals surface area contributed by atoms with Crippen LogP contribution in [0.2, 0.25) is 0 Å². The van der Waals surface area contributed by atoms with E-state index in [4.69, 9.17) is 0 Å². The van der Waals surface area contributed by atoms with Crippen LogP contribution in [0, 0.1) is 5.92 Å². The lowest BCUT2D eigenvalue weighted by molar-refractivity contribution is 0.0870. The zero-order chi connectivity index (χ0) is 11.4. The van der Waals surface area contributed by atoms with E-state index in [1.54, 1.807) is 12.3 Å². The number of rotatable bonds is 3. The summed E-state index contributed by atoms with van der Waals surface area (Å²) in [6.45, 7) is 0.634. The number of nitrogens with one attached hydrogen (secondary N) is 2. The first-order valence-corrected chi connectivity index (χ1v) is 5.71. The van der Waals surface area contributed by atoms with Crippen LogP contribution in [0.25, 0.3) is 0 Å². The van der Waals surface area contributed by atoms with Crippen LogP contribution >= 0.6 is 0 Å². The molecule has 88 valence electrons. The van der Waals surface area contributed by atoms with Gasteiger partial charge in [-0.15, -0.1) is 0 Å². The van der Waals surface area contributed by atoms with Crippen molar-refractivity contribution in [1.82, 2.24) is 15.5 Å². The van der Waals surface area contributed by atoms with Gasteiger partial charge in [-0.3, -0.25) is 9.89 Å². The fraction of sp³-hybridized carbons (Fsp3) is 0.636. The van der Waals surface area contributed by atoms with Gasteiger partial charge in [0.05, 0.1) is 6.10 Å². The molecular weight excluding hydrogens is 206 g/mol. The van der Waals surface area contributed by atoms with E-state index in [-0.39, 0.29) is 12.0 Å². The molecule has 1 aromatic heterocycles. The molecule has 0 bridgehead atoms. The number of aliphatic hydroxyl groups is 1. The van der Waals surface area contributed by atoms with Gasteiger partial charge in [0.1, 0.15) is 5.69 Å². The van der Waals surface area contributed by atoms with Crippen molar-refractivity contribution in [2.75, 3.05) is 6.54 Å². The molecule has 0 radical (unpaired) electrons. The molecule has 1 amide bonds. The van der Waals surface area contributed by atoms with Gasteiger partial charge < -0.3 is 10.4 Å². The quantitative estimate of drug-likeness (QED) is 0.705. The number of aliphatic hydroxyl groups excluding tert-OH is 1. The van der Waals surface area contributed by atoms with Gasteiger partial charge in [-0.25, -0.2) is 0 Å². The fourth-order valence-electron chi connectivity index (χ4n) is 2.16. The SMILES string of the molecule is O=C(NCC1CCCC(O)C1)c1ccn[nH]1. The van der Waals surface area contributed by atoms with E-state index in [9.17, 15) is 9.90 Å². The van der Waals surface area contributed by atoms with Gasteiger partial charge in [0, 0.05) is 12.7 Å². The summed E-state index contributed by atoms with van der Waals surface area (Å²) in [5, 5.41) is 18.7. The van der Waals surface area contributed by atoms with Crippen molar-refractivity contribution in [1.29, 1.82) is 0 Å². The predicted octanol–water partition coefficient (Wildman–Crippen LogP) is 0.691. The van der Waals surface area contributed by atoms with E-state index in [1.807, 2.05) is 0 Å². The lowest BCUT2D eigenvalue weighted by Crippen LogP contribution is -2.33. The normalized spacial score (nSPS) is 25.3. The number of amides is 1. The number of carbonyl (C=O) groups excluding carboxylic acids is 1. The van der Waals surface area contributed by atoms with Crippen LogP contribution in [-0.2, 0) is 0 Å². The second-order valence-electron chi connectivity index (χ2n) is 4.37. The van der Waals surface area contributed by atoms with E-state index >= 15 is 0 Å². The number of hydrogen-bond donors (Lipinski definition) is 3. The Balaban J connectivity index is 1.77. The maximum Gasteiger partial charge on any atom is 0.269 e. The molecule has 1 aromatic rings. The fourth-order valence-corrected chi connectivity index (χ4v) is 2.16. The first-order chi connectivity index (χ1) is 7.75. The Hall–Kier alpha value is -1.36. The minimum Gasteiger partial charge on any atom is -0.393 e. The topological polar surface area (TPSA) is 78.0 Å². The Bertz CT molecular complexity index is 337. The zero-order valence-electron chi connectivity index (χ0n) is 9.15. The van der Waals surface area contributed by atoms with Crippen LogP contribution in [0.1, 0.15) is 36.2 Å². The average Bonchev–Trinajstić information content (AvgIpc) is 2.79. The lowest BCUT2D eigenvalue weighted by Gasteiger charge is -2.25. The van der Waals surface area contributed by atoms with Gasteiger partial charge >= 0.3 is 0 Å². The molecule has 1 aliphatic rings. The highest BCUT2D eigenvalue weighted by atomic mass is 16.3. The summed E-state index contributed by atoms with van der Waals surface area (Å²) in [5.41, 5.74) is 0.483. The highest BCUT2D eigenvalue weighted by molar-refractivity contribution is 5.92. The van der Waals surface area contributed by atoms with Gasteiger partial charge in [-0.05, 0) is 31.2 Å². The molecular formula is C11H17N3O2. The van der Waals surface area contributed by atoms with Crippen molar-refractivity contribution in [2.24, 2.45) is 5.92 Å². The minimum absolute atomic E-state index is 0.127. The van der Waals surface area contributed by atoms with E-state index in [0.29, 0.717) is 18.2 Å². The first kappa shape index (κ1) is 11.1. The van der Waals surface area contributed by atoms with Crippen LogP contribution in [0.4, 0.5) is 0 Å². The van der Waals surface area contributed by atoms with Gasteiger partial charge in [0.25, 0.3) is 5.91 Å². The van der Waals surface area contributed by atoms with E-state index in [1.165, 1.54) is 0 Å². The monoisotopic (exact) mass is 223 g/mol. The van der Waals surface area contributed by atoms with Gasteiger partial charge in [-0.1, -0.05) is 6.42 Å². The first-order valence-electron chi connectivity index (χ1n) is 5.71. The minimum atomic E-state index is -0.192. The Morgan fingerprint density at radius 1 is 1.62 bits per heavy atom. The molecule has 0 aromatic carbocycles. The maximum absolute atomic E-state index is 11.6. The van der Waals surface area contributed by atoms with E-state index in [2.05, 4.69) is 15.5 Å². The van der Waals surface area contributed by atoms with Crippen LogP contribution in [0.3, 0.4) is 0 Å². The summed E-state index contributed by atoms with van der Waals surface area (Å²) in [6.07, 6.45) is 5.18. The summed E-state index contributed by atoms with van der Waals surface area (Å²) in [7, 11) is 0. The Kier molecular flexibility index (Phi) is 3.56. The summed E-state index contributed by atoms with van der Waals surface area (Å²) in [5.74, 6) is 0.271. The standard InChI is InChI=1S/C11H17N3O2/c15-9-3-1-2-8(6-9)7-12-11(16)10-4-5-13-14-10/h4-5,8-9,15H,1-3,6-7H2,(H,12,16)(H,13,14). The zero-order valence-corrected chi connectivity index (χ0v) is 9.15. The van der Waals surface area contributed by atoms with Crippen molar-refractivity contribution in [3.63, 3.8) is 0 Å². The van der Waals surface area contributed by atoms with Crippen molar-refractivity contribution < 1.29 is 9.90 Å². The summed E-state index contributed by atoms with van der Waals surface area (Å²) in [6, 6.07) is 1.64. The summed E-state index contributed by atoms with van der Waals surface area (Å²) >= 11 is 0. The second kappa shape index (κ2) is 5.12. The van der Waals surface area contributed by atoms with Crippen molar-refractivity contribution >= 4 is 5.91 Å². The number of hydrogen-bond acceptors (Lipinski definition) is 3. The third-order valence-electron chi connectivity index (χ3n) is 3.05. The molecule has 3 N–H and O–H groups in total. The summed E-state index contributed by atoms with van der Waals surface area (Å²) in [4.78, 5) is 11.6. The average molecular weight is 223 g/mol. The van der Waals surface area contributed by atoms with Gasteiger partial charge in [0.15, 0.2) is 0 Å². The molecule has 16 heavy (non-hydrogen) atoms. The molecule has 1 aliphatic carbocycles. The molecule has 2 unspecified atom stereocenters. The Morgan fingerprint density at radius 2 is 2.50 bits per heavy atom. The lowest BCUT2D eigenvalue weighted by atomic mass is 9.87. The molecule has 1 heterocycles. The van der Waals surface area contributed by atoms with Crippen LogP contribution < -0.4 is 5.32 Å². The smallest absolute Gasteiger partial charge is 0.269 e. The largest absolute Gasteiger partial charge is 0.393 e. The number of aromatic amines is 1. The second-order valence-corrected chi connectivity index (χ2v) is 4.37. The highest BCUT2D eigenvalue weighted by Crippen LogP contribution is 2.23. The third kappa shape index (κ3) is 2.82.